The fraction of sp³-hybridized carbons (Fsp3) is 0.611. The lowest BCUT2D eigenvalue weighted by atomic mass is 10.1. The van der Waals surface area contributed by atoms with Crippen LogP contribution in [-0.2, 0) is 11.3 Å². The van der Waals surface area contributed by atoms with Crippen LogP contribution in [0.2, 0.25) is 0 Å². The third kappa shape index (κ3) is 5.03. The molecule has 1 aliphatic carbocycles. The van der Waals surface area contributed by atoms with Gasteiger partial charge >= 0.3 is 0 Å². The number of carbonyl (C=O) groups is 1. The monoisotopic (exact) mass is 317 g/mol. The summed E-state index contributed by atoms with van der Waals surface area (Å²) in [5.41, 5.74) is 7.12. The van der Waals surface area contributed by atoms with Crippen LogP contribution in [0.15, 0.2) is 24.3 Å². The number of amides is 1. The van der Waals surface area contributed by atoms with Gasteiger partial charge in [0.2, 0.25) is 5.91 Å². The Hall–Kier alpha value is -1.43. The molecule has 1 heterocycles. The zero-order valence-corrected chi connectivity index (χ0v) is 13.9. The molecular weight excluding hydrogens is 290 g/mol. The van der Waals surface area contributed by atoms with Gasteiger partial charge in [-0.3, -0.25) is 9.69 Å². The van der Waals surface area contributed by atoms with Crippen molar-refractivity contribution in [1.82, 2.24) is 9.80 Å². The lowest BCUT2D eigenvalue weighted by molar-refractivity contribution is -0.0372. The number of hydrogen-bond donors (Lipinski definition) is 1. The van der Waals surface area contributed by atoms with Crippen LogP contribution in [-0.4, -0.2) is 61.6 Å². The van der Waals surface area contributed by atoms with Crippen LogP contribution in [0, 0.1) is 5.92 Å². The van der Waals surface area contributed by atoms with Gasteiger partial charge in [0.15, 0.2) is 0 Å². The van der Waals surface area contributed by atoms with Gasteiger partial charge in [-0.2, -0.15) is 0 Å². The van der Waals surface area contributed by atoms with E-state index in [2.05, 4.69) is 22.9 Å². The molecule has 5 nitrogen and oxygen atoms in total. The molecule has 0 bridgehead atoms. The van der Waals surface area contributed by atoms with E-state index in [0.717, 1.165) is 50.8 Å². The summed E-state index contributed by atoms with van der Waals surface area (Å²) in [7, 11) is 2.15. The van der Waals surface area contributed by atoms with Gasteiger partial charge in [-0.1, -0.05) is 12.1 Å². The van der Waals surface area contributed by atoms with Gasteiger partial charge in [-0.05, 0) is 43.5 Å². The first-order valence-electron chi connectivity index (χ1n) is 8.51. The third-order valence-electron chi connectivity index (χ3n) is 4.63. The van der Waals surface area contributed by atoms with Crippen molar-refractivity contribution < 1.29 is 9.53 Å². The highest BCUT2D eigenvalue weighted by Gasteiger charge is 2.27. The number of likely N-dealkylation sites (N-methyl/N-ethyl adjacent to an activating group) is 1. The molecule has 1 aromatic carbocycles. The number of carbonyl (C=O) groups excluding carboxylic acids is 1. The maximum atomic E-state index is 11.4. The van der Waals surface area contributed by atoms with Crippen LogP contribution in [0.4, 0.5) is 0 Å². The molecule has 3 rings (SSSR count). The summed E-state index contributed by atoms with van der Waals surface area (Å²) >= 11 is 0. The van der Waals surface area contributed by atoms with E-state index in [9.17, 15) is 4.79 Å². The smallest absolute Gasteiger partial charge is 0.248 e. The van der Waals surface area contributed by atoms with Gasteiger partial charge in [0.25, 0.3) is 0 Å². The third-order valence-corrected chi connectivity index (χ3v) is 4.63. The molecule has 1 saturated carbocycles. The minimum Gasteiger partial charge on any atom is -0.374 e. The van der Waals surface area contributed by atoms with Crippen molar-refractivity contribution >= 4 is 5.91 Å². The molecule has 2 aliphatic rings. The average molecular weight is 317 g/mol. The van der Waals surface area contributed by atoms with Crippen molar-refractivity contribution in [3.05, 3.63) is 35.4 Å². The molecule has 1 saturated heterocycles. The van der Waals surface area contributed by atoms with E-state index in [1.54, 1.807) is 6.07 Å². The first-order chi connectivity index (χ1) is 11.1. The van der Waals surface area contributed by atoms with E-state index >= 15 is 0 Å². The summed E-state index contributed by atoms with van der Waals surface area (Å²) in [6.07, 6.45) is 2.94. The maximum absolute atomic E-state index is 11.4. The van der Waals surface area contributed by atoms with E-state index in [1.807, 2.05) is 12.1 Å². The number of morpholine rings is 1. The topological polar surface area (TPSA) is 58.8 Å². The molecule has 2 fully saturated rings. The van der Waals surface area contributed by atoms with Crippen molar-refractivity contribution in [1.29, 1.82) is 0 Å². The standard InChI is InChI=1S/C18H27N3O2/c1-20-7-8-23-17(12-20)13-21(10-14-5-6-14)11-15-3-2-4-16(9-15)18(19)22/h2-4,9,14,17H,5-8,10-13H2,1H3,(H2,19,22)/t17-/m1/s1. The second-order valence-electron chi connectivity index (χ2n) is 6.96. The lowest BCUT2D eigenvalue weighted by Crippen LogP contribution is -2.46. The summed E-state index contributed by atoms with van der Waals surface area (Å²) < 4.78 is 5.92. The second kappa shape index (κ2) is 7.43. The molecule has 0 unspecified atom stereocenters. The molecule has 0 spiro atoms. The van der Waals surface area contributed by atoms with E-state index in [-0.39, 0.29) is 12.0 Å². The van der Waals surface area contributed by atoms with Gasteiger partial charge in [0.1, 0.15) is 0 Å². The normalized spacial score (nSPS) is 22.4. The van der Waals surface area contributed by atoms with Crippen molar-refractivity contribution in [3.8, 4) is 0 Å². The molecular formula is C18H27N3O2. The predicted octanol–water partition coefficient (Wildman–Crippen LogP) is 1.33. The predicted molar refractivity (Wildman–Crippen MR) is 90.2 cm³/mol. The fourth-order valence-corrected chi connectivity index (χ4v) is 3.22. The van der Waals surface area contributed by atoms with Crippen LogP contribution in [0.5, 0.6) is 0 Å². The van der Waals surface area contributed by atoms with Crippen molar-refractivity contribution in [3.63, 3.8) is 0 Å². The molecule has 126 valence electrons. The number of primary amides is 1. The largest absolute Gasteiger partial charge is 0.374 e. The highest BCUT2D eigenvalue weighted by Crippen LogP contribution is 2.30. The van der Waals surface area contributed by atoms with Crippen molar-refractivity contribution in [2.45, 2.75) is 25.5 Å². The highest BCUT2D eigenvalue weighted by molar-refractivity contribution is 5.92. The van der Waals surface area contributed by atoms with Gasteiger partial charge < -0.3 is 15.4 Å². The maximum Gasteiger partial charge on any atom is 0.248 e. The van der Waals surface area contributed by atoms with Gasteiger partial charge in [-0.25, -0.2) is 0 Å². The minimum atomic E-state index is -0.363. The first-order valence-corrected chi connectivity index (χ1v) is 8.51. The molecule has 1 aliphatic heterocycles. The number of hydrogen-bond acceptors (Lipinski definition) is 4. The van der Waals surface area contributed by atoms with E-state index in [0.29, 0.717) is 5.56 Å². The number of nitrogens with zero attached hydrogens (tertiary/aromatic N) is 2. The van der Waals surface area contributed by atoms with Crippen LogP contribution >= 0.6 is 0 Å². The Kier molecular flexibility index (Phi) is 5.30. The Morgan fingerprint density at radius 2 is 2.22 bits per heavy atom. The summed E-state index contributed by atoms with van der Waals surface area (Å²) in [6, 6.07) is 7.67. The minimum absolute atomic E-state index is 0.270. The molecule has 0 radical (unpaired) electrons. The number of rotatable bonds is 7. The Balaban J connectivity index is 1.63. The summed E-state index contributed by atoms with van der Waals surface area (Å²) in [4.78, 5) is 16.2. The van der Waals surface area contributed by atoms with Crippen molar-refractivity contribution in [2.75, 3.05) is 39.8 Å². The van der Waals surface area contributed by atoms with E-state index in [4.69, 9.17) is 10.5 Å². The van der Waals surface area contributed by atoms with Crippen LogP contribution in [0.1, 0.15) is 28.8 Å². The van der Waals surface area contributed by atoms with E-state index in [1.165, 1.54) is 12.8 Å². The molecule has 1 aromatic rings. The van der Waals surface area contributed by atoms with Gasteiger partial charge in [0.05, 0.1) is 12.7 Å². The first kappa shape index (κ1) is 16.4. The number of ether oxygens (including phenoxy) is 1. The highest BCUT2D eigenvalue weighted by atomic mass is 16.5. The Morgan fingerprint density at radius 1 is 1.39 bits per heavy atom. The van der Waals surface area contributed by atoms with Crippen molar-refractivity contribution in [2.24, 2.45) is 11.7 Å². The Bertz CT molecular complexity index is 545. The molecule has 2 N–H and O–H groups in total. The summed E-state index contributed by atoms with van der Waals surface area (Å²) in [6.45, 7) is 5.73. The zero-order valence-electron chi connectivity index (χ0n) is 13.9. The number of benzene rings is 1. The van der Waals surface area contributed by atoms with Gasteiger partial charge in [-0.15, -0.1) is 0 Å². The lowest BCUT2D eigenvalue weighted by Gasteiger charge is -2.34. The molecule has 0 aromatic heterocycles. The fourth-order valence-electron chi connectivity index (χ4n) is 3.22. The summed E-state index contributed by atoms with van der Waals surface area (Å²) in [5, 5.41) is 0. The Morgan fingerprint density at radius 3 is 2.91 bits per heavy atom. The van der Waals surface area contributed by atoms with Crippen LogP contribution in [0.25, 0.3) is 0 Å². The Labute approximate surface area is 138 Å². The zero-order chi connectivity index (χ0) is 16.2. The molecule has 1 atom stereocenters. The average Bonchev–Trinajstić information content (AvgIpc) is 3.31. The SMILES string of the molecule is CN1CCO[C@@H](CN(Cc2cccc(C(N)=O)c2)CC2CC2)C1. The molecule has 5 heteroatoms. The number of nitrogens with two attached hydrogens (primary N) is 1. The van der Waals surface area contributed by atoms with E-state index < -0.39 is 0 Å². The quantitative estimate of drug-likeness (QED) is 0.824. The second-order valence-corrected chi connectivity index (χ2v) is 6.96. The molecule has 23 heavy (non-hydrogen) atoms. The summed E-state index contributed by atoms with van der Waals surface area (Å²) in [5.74, 6) is 0.466. The van der Waals surface area contributed by atoms with Crippen LogP contribution < -0.4 is 5.73 Å². The molecule has 1 amide bonds. The van der Waals surface area contributed by atoms with Gasteiger partial charge in [0, 0.05) is 38.3 Å². The van der Waals surface area contributed by atoms with Crippen LogP contribution in [0.3, 0.4) is 0 Å².